The summed E-state index contributed by atoms with van der Waals surface area (Å²) in [5.74, 6) is -0.761. The fraction of sp³-hybridized carbons (Fsp3) is 0.587. The van der Waals surface area contributed by atoms with Gasteiger partial charge in [0.15, 0.2) is 5.78 Å². The largest absolute Gasteiger partial charge is 0.352 e. The second-order valence-corrected chi connectivity index (χ2v) is 17.5. The number of benzene rings is 2. The van der Waals surface area contributed by atoms with Gasteiger partial charge >= 0.3 is 0 Å². The van der Waals surface area contributed by atoms with Gasteiger partial charge in [-0.2, -0.15) is 0 Å². The Hall–Kier alpha value is -4.31. The van der Waals surface area contributed by atoms with Crippen molar-refractivity contribution in [3.8, 4) is 0 Å². The highest BCUT2D eigenvalue weighted by Crippen LogP contribution is 2.27. The molecular weight excluding hydrogens is 703 g/mol. The highest BCUT2D eigenvalue weighted by molar-refractivity contribution is 6.09. The lowest BCUT2D eigenvalue weighted by Crippen LogP contribution is -2.60. The van der Waals surface area contributed by atoms with Crippen LogP contribution in [0, 0.1) is 11.3 Å². The zero-order valence-electron chi connectivity index (χ0n) is 35.6. The first-order valence-electron chi connectivity index (χ1n) is 20.8. The van der Waals surface area contributed by atoms with Crippen LogP contribution >= 0.6 is 0 Å². The predicted molar refractivity (Wildman–Crippen MR) is 223 cm³/mol. The van der Waals surface area contributed by atoms with Crippen LogP contribution in [0.1, 0.15) is 122 Å². The summed E-state index contributed by atoms with van der Waals surface area (Å²) < 4.78 is 0. The van der Waals surface area contributed by atoms with Gasteiger partial charge in [-0.05, 0) is 82.7 Å². The summed E-state index contributed by atoms with van der Waals surface area (Å²) >= 11 is 0. The summed E-state index contributed by atoms with van der Waals surface area (Å²) in [5, 5.41) is 6.28. The molecule has 2 heterocycles. The van der Waals surface area contributed by atoms with E-state index in [2.05, 4.69) is 29.4 Å². The molecule has 2 saturated heterocycles. The second-order valence-electron chi connectivity index (χ2n) is 17.5. The van der Waals surface area contributed by atoms with E-state index < -0.39 is 23.5 Å². The zero-order chi connectivity index (χ0) is 41.3. The van der Waals surface area contributed by atoms with Crippen LogP contribution < -0.4 is 10.6 Å². The molecule has 2 aliphatic heterocycles. The number of piperidine rings is 1. The van der Waals surface area contributed by atoms with Crippen LogP contribution in [-0.4, -0.2) is 100 Å². The Kier molecular flexibility index (Phi) is 15.6. The number of hydrogen-bond donors (Lipinski definition) is 2. The van der Waals surface area contributed by atoms with E-state index in [1.807, 2.05) is 90.1 Å². The molecule has 2 aromatic rings. The van der Waals surface area contributed by atoms with E-state index in [0.29, 0.717) is 36.1 Å². The standard InChI is InChI=1S/C46H67N5O5/c1-11-33(6)50-26-16-15-20-37(50)43(54)48-41(46(7,8)9)45(56)49(10)39(30(2)3)28-31(4)44(55)51-27-17-21-38(51)42(53)47-32(5)29-34-22-24-36(25-23-34)40(52)35-18-13-12-14-19-35/h12-14,18-19,22-25,28,30,32-33,37-39,41H,11,15-17,20-21,26-27,29H2,1-10H3,(H,47,53)(H,48,54)/b31-28+/t32-,33?,37-,38+,39-,41-/m1/s1. The number of carbonyl (C=O) groups excluding carboxylic acids is 5. The maximum atomic E-state index is 14.3. The summed E-state index contributed by atoms with van der Waals surface area (Å²) in [5.41, 5.74) is 2.17. The van der Waals surface area contributed by atoms with Crippen molar-refractivity contribution in [2.75, 3.05) is 20.1 Å². The Balaban J connectivity index is 1.41. The van der Waals surface area contributed by atoms with E-state index in [-0.39, 0.29) is 53.5 Å². The molecule has 2 N–H and O–H groups in total. The number of nitrogens with one attached hydrogen (secondary N) is 2. The predicted octanol–water partition coefficient (Wildman–Crippen LogP) is 6.57. The third-order valence-corrected chi connectivity index (χ3v) is 11.6. The monoisotopic (exact) mass is 770 g/mol. The van der Waals surface area contributed by atoms with Gasteiger partial charge in [0.25, 0.3) is 0 Å². The number of amides is 4. The average Bonchev–Trinajstić information content (AvgIpc) is 3.68. The van der Waals surface area contributed by atoms with E-state index in [1.165, 1.54) is 0 Å². The number of carbonyl (C=O) groups is 5. The number of likely N-dealkylation sites (N-methyl/N-ethyl adjacent to an activating group) is 1. The molecule has 2 fully saturated rings. The maximum absolute atomic E-state index is 14.3. The van der Waals surface area contributed by atoms with Gasteiger partial charge in [0.2, 0.25) is 23.6 Å². The van der Waals surface area contributed by atoms with Crippen LogP contribution in [0.15, 0.2) is 66.2 Å². The van der Waals surface area contributed by atoms with Crippen LogP contribution in [0.25, 0.3) is 0 Å². The lowest BCUT2D eigenvalue weighted by Gasteiger charge is -2.41. The minimum atomic E-state index is -0.755. The Labute approximate surface area is 335 Å². The molecule has 0 aromatic heterocycles. The minimum Gasteiger partial charge on any atom is -0.352 e. The molecule has 2 aromatic carbocycles. The fourth-order valence-corrected chi connectivity index (χ4v) is 8.11. The molecule has 0 spiro atoms. The second kappa shape index (κ2) is 19.7. The quantitative estimate of drug-likeness (QED) is 0.156. The first-order chi connectivity index (χ1) is 26.4. The number of hydrogen-bond acceptors (Lipinski definition) is 6. The van der Waals surface area contributed by atoms with Crippen LogP contribution in [0.2, 0.25) is 0 Å². The molecular formula is C46H67N5O5. The molecule has 0 saturated carbocycles. The van der Waals surface area contributed by atoms with E-state index in [4.69, 9.17) is 0 Å². The first kappa shape index (κ1) is 44.4. The lowest BCUT2D eigenvalue weighted by molar-refractivity contribution is -0.142. The number of likely N-dealkylation sites (tertiary alicyclic amines) is 2. The van der Waals surface area contributed by atoms with Crippen molar-refractivity contribution in [2.45, 2.75) is 144 Å². The molecule has 0 bridgehead atoms. The molecule has 2 aliphatic rings. The van der Waals surface area contributed by atoms with Crippen LogP contribution in [0.4, 0.5) is 0 Å². The van der Waals surface area contributed by atoms with Crippen molar-refractivity contribution in [3.63, 3.8) is 0 Å². The van der Waals surface area contributed by atoms with Gasteiger partial charge in [-0.15, -0.1) is 0 Å². The SMILES string of the molecule is CCC(C)N1CCCC[C@@H]1C(=O)N[C@H](C(=O)N(C)[C@H](/C=C(\C)C(=O)N1CCC[C@H]1C(=O)N[C@H](C)Cc1ccc(C(=O)c2ccccc2)cc1)C(C)C)C(C)(C)C. The zero-order valence-corrected chi connectivity index (χ0v) is 35.6. The maximum Gasteiger partial charge on any atom is 0.249 e. The Morgan fingerprint density at radius 2 is 1.43 bits per heavy atom. The highest BCUT2D eigenvalue weighted by Gasteiger charge is 2.41. The number of nitrogens with zero attached hydrogens (tertiary/aromatic N) is 3. The smallest absolute Gasteiger partial charge is 0.249 e. The van der Waals surface area contributed by atoms with Gasteiger partial charge in [-0.3, -0.25) is 28.9 Å². The molecule has 6 atom stereocenters. The van der Waals surface area contributed by atoms with Gasteiger partial charge in [0.05, 0.1) is 12.1 Å². The van der Waals surface area contributed by atoms with Crippen molar-refractivity contribution in [3.05, 3.63) is 82.9 Å². The Bertz CT molecular complexity index is 1700. The minimum absolute atomic E-state index is 0.0219. The summed E-state index contributed by atoms with van der Waals surface area (Å²) in [6.07, 6.45) is 7.49. The number of rotatable bonds is 15. The van der Waals surface area contributed by atoms with E-state index in [9.17, 15) is 24.0 Å². The molecule has 10 heteroatoms. The summed E-state index contributed by atoms with van der Waals surface area (Å²) in [4.78, 5) is 74.2. The Morgan fingerprint density at radius 3 is 2.04 bits per heavy atom. The van der Waals surface area contributed by atoms with Gasteiger partial charge in [0, 0.05) is 42.4 Å². The van der Waals surface area contributed by atoms with E-state index in [1.54, 1.807) is 35.9 Å². The molecule has 10 nitrogen and oxygen atoms in total. The lowest BCUT2D eigenvalue weighted by atomic mass is 9.84. The van der Waals surface area contributed by atoms with Crippen molar-refractivity contribution >= 4 is 29.4 Å². The first-order valence-corrected chi connectivity index (χ1v) is 20.8. The average molecular weight is 770 g/mol. The van der Waals surface area contributed by atoms with Crippen molar-refractivity contribution in [1.29, 1.82) is 0 Å². The van der Waals surface area contributed by atoms with Crippen molar-refractivity contribution in [2.24, 2.45) is 11.3 Å². The highest BCUT2D eigenvalue weighted by atomic mass is 16.2. The fourth-order valence-electron chi connectivity index (χ4n) is 8.11. The van der Waals surface area contributed by atoms with Crippen molar-refractivity contribution in [1.82, 2.24) is 25.3 Å². The van der Waals surface area contributed by atoms with Crippen molar-refractivity contribution < 1.29 is 24.0 Å². The van der Waals surface area contributed by atoms with Crippen LogP contribution in [0.5, 0.6) is 0 Å². The Morgan fingerprint density at radius 1 is 0.821 bits per heavy atom. The van der Waals surface area contributed by atoms with Gasteiger partial charge in [-0.1, -0.05) is 109 Å². The van der Waals surface area contributed by atoms with Crippen LogP contribution in [0.3, 0.4) is 0 Å². The summed E-state index contributed by atoms with van der Waals surface area (Å²) in [7, 11) is 1.75. The van der Waals surface area contributed by atoms with Gasteiger partial charge in [-0.25, -0.2) is 0 Å². The molecule has 4 rings (SSSR count). The third kappa shape index (κ3) is 11.2. The summed E-state index contributed by atoms with van der Waals surface area (Å²) in [6.45, 7) is 19.3. The molecule has 0 aliphatic carbocycles. The van der Waals surface area contributed by atoms with Gasteiger partial charge < -0.3 is 20.4 Å². The van der Waals surface area contributed by atoms with E-state index in [0.717, 1.165) is 44.2 Å². The normalized spacial score (nSPS) is 20.2. The van der Waals surface area contributed by atoms with Gasteiger partial charge in [0.1, 0.15) is 12.1 Å². The topological polar surface area (TPSA) is 119 Å². The molecule has 4 amide bonds. The molecule has 306 valence electrons. The number of ketones is 1. The third-order valence-electron chi connectivity index (χ3n) is 11.6. The molecule has 0 radical (unpaired) electrons. The van der Waals surface area contributed by atoms with E-state index >= 15 is 0 Å². The summed E-state index contributed by atoms with van der Waals surface area (Å²) in [6, 6.07) is 14.7. The molecule has 1 unspecified atom stereocenters. The van der Waals surface area contributed by atoms with Crippen LogP contribution in [-0.2, 0) is 25.6 Å². The molecule has 56 heavy (non-hydrogen) atoms.